The maximum Gasteiger partial charge on any atom is 0.490 e. The summed E-state index contributed by atoms with van der Waals surface area (Å²) in [5.74, 6) is -2.64. The topological polar surface area (TPSA) is 126 Å². The van der Waals surface area contributed by atoms with Crippen molar-refractivity contribution in [2.45, 2.75) is 24.6 Å². The summed E-state index contributed by atoms with van der Waals surface area (Å²) in [6.45, 7) is 2.09. The molecule has 9 nitrogen and oxygen atoms in total. The van der Waals surface area contributed by atoms with Crippen molar-refractivity contribution in [3.05, 3.63) is 30.1 Å². The van der Waals surface area contributed by atoms with Crippen LogP contribution >= 0.6 is 0 Å². The normalized spacial score (nSPS) is 20.7. The van der Waals surface area contributed by atoms with E-state index in [1.807, 2.05) is 0 Å². The summed E-state index contributed by atoms with van der Waals surface area (Å²) in [5, 5.41) is 7.12. The average Bonchev–Trinajstić information content (AvgIpc) is 2.64. The van der Waals surface area contributed by atoms with Crippen molar-refractivity contribution >= 4 is 21.9 Å². The Bertz CT molecular complexity index is 847. The molecule has 30 heavy (non-hydrogen) atoms. The Morgan fingerprint density at radius 3 is 2.43 bits per heavy atom. The van der Waals surface area contributed by atoms with Crippen LogP contribution in [0.5, 0.6) is 0 Å². The number of carbonyl (C=O) groups excluding carboxylic acids is 1. The molecule has 13 heteroatoms. The number of carbonyl (C=O) groups is 2. The predicted octanol–water partition coefficient (Wildman–Crippen LogP) is 0.885. The summed E-state index contributed by atoms with van der Waals surface area (Å²) >= 11 is 0. The Labute approximate surface area is 171 Å². The number of nitrogens with zero attached hydrogens (tertiary/aromatic N) is 2. The number of aliphatic carboxylic acids is 1. The third-order valence-electron chi connectivity index (χ3n) is 4.64. The minimum Gasteiger partial charge on any atom is -0.475 e. The van der Waals surface area contributed by atoms with Crippen molar-refractivity contribution in [2.75, 3.05) is 32.5 Å². The molecule has 3 rings (SSSR count). The van der Waals surface area contributed by atoms with E-state index >= 15 is 0 Å². The van der Waals surface area contributed by atoms with E-state index in [2.05, 4.69) is 9.71 Å². The summed E-state index contributed by atoms with van der Waals surface area (Å²) in [5.41, 5.74) is 0.194. The smallest absolute Gasteiger partial charge is 0.475 e. The first kappa shape index (κ1) is 24.0. The van der Waals surface area contributed by atoms with Gasteiger partial charge in [0.15, 0.2) is 0 Å². The minimum absolute atomic E-state index is 0.0688. The Balaban J connectivity index is 0.000000396. The molecule has 1 amide bonds. The Morgan fingerprint density at radius 2 is 2.00 bits per heavy atom. The molecular weight excluding hydrogens is 431 g/mol. The number of halogens is 3. The van der Waals surface area contributed by atoms with Crippen LogP contribution in [0.25, 0.3) is 0 Å². The molecule has 0 saturated carbocycles. The van der Waals surface area contributed by atoms with Crippen LogP contribution in [0.1, 0.15) is 23.3 Å². The second kappa shape index (κ2) is 9.27. The Hall–Kier alpha value is -2.25. The van der Waals surface area contributed by atoms with Crippen LogP contribution in [0, 0.1) is 5.92 Å². The summed E-state index contributed by atoms with van der Waals surface area (Å²) in [6.07, 6.45) is -0.576. The molecule has 0 aromatic carbocycles. The van der Waals surface area contributed by atoms with Crippen LogP contribution in [-0.4, -0.2) is 79.6 Å². The molecule has 2 aliphatic rings. The van der Waals surface area contributed by atoms with E-state index in [1.54, 1.807) is 29.3 Å². The number of rotatable bonds is 4. The van der Waals surface area contributed by atoms with Gasteiger partial charge in [-0.05, 0) is 30.9 Å². The van der Waals surface area contributed by atoms with Crippen molar-refractivity contribution in [2.24, 2.45) is 5.92 Å². The van der Waals surface area contributed by atoms with Gasteiger partial charge in [-0.2, -0.15) is 13.2 Å². The molecule has 0 bridgehead atoms. The average molecular weight is 453 g/mol. The lowest BCUT2D eigenvalue weighted by Crippen LogP contribution is -2.66. The van der Waals surface area contributed by atoms with E-state index < -0.39 is 22.2 Å². The van der Waals surface area contributed by atoms with Gasteiger partial charge in [0.2, 0.25) is 10.0 Å². The highest BCUT2D eigenvalue weighted by Gasteiger charge is 2.48. The third kappa shape index (κ3) is 6.92. The number of hydrogen-bond donors (Lipinski definition) is 2. The number of likely N-dealkylation sites (tertiary alicyclic amines) is 1. The largest absolute Gasteiger partial charge is 0.490 e. The Kier molecular flexibility index (Phi) is 7.42. The lowest BCUT2D eigenvalue weighted by molar-refractivity contribution is -0.192. The number of ether oxygens (including phenoxy) is 1. The van der Waals surface area contributed by atoms with Gasteiger partial charge in [-0.1, -0.05) is 6.07 Å². The molecule has 1 atom stereocenters. The maximum atomic E-state index is 12.3. The third-order valence-corrected chi connectivity index (χ3v) is 5.33. The van der Waals surface area contributed by atoms with Gasteiger partial charge in [-0.3, -0.25) is 9.78 Å². The highest BCUT2D eigenvalue weighted by Crippen LogP contribution is 2.36. The lowest BCUT2D eigenvalue weighted by Gasteiger charge is -2.52. The number of carboxylic acid groups (broad SMARTS) is 1. The first-order valence-corrected chi connectivity index (χ1v) is 10.8. The number of pyridine rings is 1. The fraction of sp³-hybridized carbons (Fsp3) is 0.588. The van der Waals surface area contributed by atoms with Gasteiger partial charge in [-0.15, -0.1) is 0 Å². The van der Waals surface area contributed by atoms with E-state index in [0.29, 0.717) is 31.9 Å². The second-order valence-corrected chi connectivity index (χ2v) is 9.03. The molecule has 3 heterocycles. The number of hydrogen-bond acceptors (Lipinski definition) is 6. The Morgan fingerprint density at radius 1 is 1.37 bits per heavy atom. The molecule has 2 fully saturated rings. The van der Waals surface area contributed by atoms with Crippen LogP contribution < -0.4 is 4.72 Å². The van der Waals surface area contributed by atoms with Crippen LogP contribution in [0.2, 0.25) is 0 Å². The van der Waals surface area contributed by atoms with Crippen molar-refractivity contribution in [1.29, 1.82) is 0 Å². The number of carboxylic acids is 1. The molecule has 0 radical (unpaired) electrons. The fourth-order valence-corrected chi connectivity index (χ4v) is 3.58. The van der Waals surface area contributed by atoms with Gasteiger partial charge in [0, 0.05) is 12.7 Å². The summed E-state index contributed by atoms with van der Waals surface area (Å²) in [6, 6.07) is 5.29. The molecule has 1 aromatic rings. The van der Waals surface area contributed by atoms with Gasteiger partial charge < -0.3 is 14.7 Å². The molecule has 2 N–H and O–H groups in total. The number of alkyl halides is 3. The van der Waals surface area contributed by atoms with E-state index in [-0.39, 0.29) is 17.4 Å². The molecule has 0 aliphatic carbocycles. The zero-order chi connectivity index (χ0) is 22.6. The zero-order valence-electron chi connectivity index (χ0n) is 16.1. The van der Waals surface area contributed by atoms with Gasteiger partial charge >= 0.3 is 12.1 Å². The number of nitrogens with one attached hydrogen (secondary N) is 1. The fourth-order valence-electron chi connectivity index (χ4n) is 3.04. The standard InChI is InChI=1S/C15H21N3O4S.C2HF3O2/c1-23(20,21)17-8-12-5-6-15(22-9-12)10-18(11-15)14(19)13-4-2-3-7-16-13;3-2(4,5)1(6)7/h2-4,7,12,17H,5-6,8-11H2,1H3;(H,6,7). The van der Waals surface area contributed by atoms with Gasteiger partial charge in [0.1, 0.15) is 11.3 Å². The first-order chi connectivity index (χ1) is 13.8. The van der Waals surface area contributed by atoms with Crippen LogP contribution in [-0.2, 0) is 19.6 Å². The molecule has 168 valence electrons. The second-order valence-electron chi connectivity index (χ2n) is 7.20. The molecule has 1 unspecified atom stereocenters. The number of sulfonamides is 1. The van der Waals surface area contributed by atoms with Crippen molar-refractivity contribution < 1.29 is 41.0 Å². The number of aromatic nitrogens is 1. The summed E-state index contributed by atoms with van der Waals surface area (Å²) in [7, 11) is -3.16. The summed E-state index contributed by atoms with van der Waals surface area (Å²) in [4.78, 5) is 27.0. The van der Waals surface area contributed by atoms with Crippen molar-refractivity contribution in [3.63, 3.8) is 0 Å². The van der Waals surface area contributed by atoms with Gasteiger partial charge in [0.25, 0.3) is 5.91 Å². The highest BCUT2D eigenvalue weighted by molar-refractivity contribution is 7.88. The summed E-state index contributed by atoms with van der Waals surface area (Å²) < 4.78 is 62.4. The first-order valence-electron chi connectivity index (χ1n) is 8.90. The molecule has 1 spiro atoms. The SMILES string of the molecule is CS(=O)(=O)NCC1CCC2(CN(C(=O)c3ccccn3)C2)OC1.O=C(O)C(F)(F)F. The minimum atomic E-state index is -5.08. The maximum absolute atomic E-state index is 12.3. The molecular formula is C17H22F3N3O6S. The highest BCUT2D eigenvalue weighted by atomic mass is 32.2. The van der Waals surface area contributed by atoms with E-state index in [9.17, 15) is 26.4 Å². The molecule has 1 aromatic heterocycles. The lowest BCUT2D eigenvalue weighted by atomic mass is 9.83. The van der Waals surface area contributed by atoms with Gasteiger partial charge in [-0.25, -0.2) is 17.9 Å². The van der Waals surface area contributed by atoms with Crippen LogP contribution in [0.15, 0.2) is 24.4 Å². The monoisotopic (exact) mass is 453 g/mol. The van der Waals surface area contributed by atoms with E-state index in [4.69, 9.17) is 14.6 Å². The predicted molar refractivity (Wildman–Crippen MR) is 98.1 cm³/mol. The molecule has 2 saturated heterocycles. The van der Waals surface area contributed by atoms with Crippen LogP contribution in [0.3, 0.4) is 0 Å². The van der Waals surface area contributed by atoms with Crippen LogP contribution in [0.4, 0.5) is 13.2 Å². The zero-order valence-corrected chi connectivity index (χ0v) is 16.9. The number of amides is 1. The molecule has 2 aliphatic heterocycles. The van der Waals surface area contributed by atoms with Gasteiger partial charge in [0.05, 0.1) is 26.0 Å². The van der Waals surface area contributed by atoms with Crippen molar-refractivity contribution in [3.8, 4) is 0 Å². The quantitative estimate of drug-likeness (QED) is 0.693. The van der Waals surface area contributed by atoms with E-state index in [0.717, 1.165) is 19.1 Å². The van der Waals surface area contributed by atoms with Crippen molar-refractivity contribution in [1.82, 2.24) is 14.6 Å². The van der Waals surface area contributed by atoms with E-state index in [1.165, 1.54) is 0 Å².